The Hall–Kier alpha value is -2.74. The van der Waals surface area contributed by atoms with Crippen molar-refractivity contribution < 1.29 is 19.1 Å². The molecule has 8 heteroatoms. The van der Waals surface area contributed by atoms with Crippen LogP contribution in [0.15, 0.2) is 23.4 Å². The van der Waals surface area contributed by atoms with Crippen LogP contribution in [-0.2, 0) is 4.74 Å². The largest absolute Gasteiger partial charge is 0.494 e. The van der Waals surface area contributed by atoms with Gasteiger partial charge in [-0.3, -0.25) is 4.79 Å². The number of carbonyl (C=O) groups excluding carboxylic acids is 2. The minimum Gasteiger partial charge on any atom is -0.494 e. The molecule has 2 aromatic heterocycles. The van der Waals surface area contributed by atoms with Gasteiger partial charge >= 0.3 is 5.97 Å². The van der Waals surface area contributed by atoms with Crippen LogP contribution in [0.2, 0.25) is 0 Å². The Kier molecular flexibility index (Phi) is 6.08. The van der Waals surface area contributed by atoms with Crippen molar-refractivity contribution in [3.8, 4) is 5.75 Å². The lowest BCUT2D eigenvalue weighted by Gasteiger charge is -2.02. The number of nitrogens with zero attached hydrogens (tertiary/aromatic N) is 1. The lowest BCUT2D eigenvalue weighted by Crippen LogP contribution is -2.08. The average Bonchev–Trinajstić information content (AvgIpc) is 3.20. The standard InChI is InChI=1S/C20H23N3O4S/c1-5-26-13-7-8-14-15(9-13)23-20(22-14)28-10-16(24)18-11(3)17(12(4)21-18)19(25)27-6-2/h7-9,21H,5-6,10H2,1-4H3,(H,22,23). The third-order valence-corrected chi connectivity index (χ3v) is 5.15. The molecule has 1 aromatic carbocycles. The molecule has 7 nitrogen and oxygen atoms in total. The van der Waals surface area contributed by atoms with E-state index in [1.54, 1.807) is 20.8 Å². The van der Waals surface area contributed by atoms with E-state index in [0.29, 0.717) is 40.9 Å². The Labute approximate surface area is 167 Å². The predicted molar refractivity (Wildman–Crippen MR) is 109 cm³/mol. The third kappa shape index (κ3) is 4.06. The number of hydrogen-bond donors (Lipinski definition) is 2. The molecule has 3 aromatic rings. The molecule has 0 atom stereocenters. The first-order valence-electron chi connectivity index (χ1n) is 9.09. The molecule has 148 valence electrons. The van der Waals surface area contributed by atoms with Crippen molar-refractivity contribution in [3.63, 3.8) is 0 Å². The van der Waals surface area contributed by atoms with E-state index in [2.05, 4.69) is 15.0 Å². The van der Waals surface area contributed by atoms with E-state index in [4.69, 9.17) is 9.47 Å². The number of ketones is 1. The Balaban J connectivity index is 1.73. The van der Waals surface area contributed by atoms with Crippen molar-refractivity contribution in [1.29, 1.82) is 0 Å². The Morgan fingerprint density at radius 2 is 1.93 bits per heavy atom. The van der Waals surface area contributed by atoms with Crippen molar-refractivity contribution in [3.05, 3.63) is 40.7 Å². The van der Waals surface area contributed by atoms with Gasteiger partial charge in [0.05, 0.1) is 41.3 Å². The second-order valence-corrected chi connectivity index (χ2v) is 7.18. The fourth-order valence-electron chi connectivity index (χ4n) is 3.03. The number of rotatable bonds is 8. The molecule has 2 N–H and O–H groups in total. The van der Waals surface area contributed by atoms with Crippen LogP contribution in [-0.4, -0.2) is 45.7 Å². The molecular formula is C20H23N3O4S. The number of aryl methyl sites for hydroxylation is 1. The second-order valence-electron chi connectivity index (χ2n) is 6.21. The normalized spacial score (nSPS) is 11.0. The number of thioether (sulfide) groups is 1. The van der Waals surface area contributed by atoms with Crippen molar-refractivity contribution in [1.82, 2.24) is 15.0 Å². The number of benzene rings is 1. The smallest absolute Gasteiger partial charge is 0.340 e. The monoisotopic (exact) mass is 401 g/mol. The minimum atomic E-state index is -0.414. The number of H-pyrrole nitrogens is 2. The number of carbonyl (C=O) groups is 2. The lowest BCUT2D eigenvalue weighted by atomic mass is 10.1. The molecule has 0 aliphatic rings. The summed E-state index contributed by atoms with van der Waals surface area (Å²) in [4.78, 5) is 35.5. The van der Waals surface area contributed by atoms with E-state index in [1.807, 2.05) is 25.1 Å². The average molecular weight is 401 g/mol. The van der Waals surface area contributed by atoms with E-state index in [9.17, 15) is 9.59 Å². The summed E-state index contributed by atoms with van der Waals surface area (Å²) in [5.74, 6) is 0.455. The van der Waals surface area contributed by atoms with Crippen molar-refractivity contribution >= 4 is 34.5 Å². The lowest BCUT2D eigenvalue weighted by molar-refractivity contribution is 0.0525. The minimum absolute atomic E-state index is 0.100. The Morgan fingerprint density at radius 1 is 1.14 bits per heavy atom. The number of nitrogens with one attached hydrogen (secondary N) is 2. The van der Waals surface area contributed by atoms with E-state index < -0.39 is 5.97 Å². The SMILES string of the molecule is CCOC(=O)c1c(C)[nH]c(C(=O)CSc2nc3ccc(OCC)cc3[nH]2)c1C. The van der Waals surface area contributed by atoms with Gasteiger partial charge in [-0.15, -0.1) is 0 Å². The predicted octanol–water partition coefficient (Wildman–Crippen LogP) is 4.06. The summed E-state index contributed by atoms with van der Waals surface area (Å²) >= 11 is 1.32. The zero-order valence-corrected chi connectivity index (χ0v) is 17.2. The highest BCUT2D eigenvalue weighted by Gasteiger charge is 2.23. The number of aromatic amines is 2. The van der Waals surface area contributed by atoms with Gasteiger partial charge in [0.15, 0.2) is 10.9 Å². The molecule has 0 saturated heterocycles. The fourth-order valence-corrected chi connectivity index (χ4v) is 3.79. The van der Waals surface area contributed by atoms with Crippen molar-refractivity contribution in [2.45, 2.75) is 32.9 Å². The van der Waals surface area contributed by atoms with Crippen LogP contribution < -0.4 is 4.74 Å². The number of imidazole rings is 1. The first-order chi connectivity index (χ1) is 13.4. The summed E-state index contributed by atoms with van der Waals surface area (Å²) in [6.07, 6.45) is 0. The molecule has 2 heterocycles. The van der Waals surface area contributed by atoms with Crippen LogP contribution >= 0.6 is 11.8 Å². The van der Waals surface area contributed by atoms with Crippen LogP contribution in [0.5, 0.6) is 5.75 Å². The zero-order chi connectivity index (χ0) is 20.3. The van der Waals surface area contributed by atoms with Crippen LogP contribution in [0.1, 0.15) is 46.0 Å². The van der Waals surface area contributed by atoms with Gasteiger partial charge < -0.3 is 19.4 Å². The quantitative estimate of drug-likeness (QED) is 0.336. The summed E-state index contributed by atoms with van der Waals surface area (Å²) in [5.41, 5.74) is 3.79. The molecule has 0 fully saturated rings. The van der Waals surface area contributed by atoms with Crippen LogP contribution in [0.3, 0.4) is 0 Å². The van der Waals surface area contributed by atoms with E-state index in [0.717, 1.165) is 16.8 Å². The number of Topliss-reactive ketones (excluding diaryl/α,β-unsaturated/α-hetero) is 1. The van der Waals surface area contributed by atoms with Crippen molar-refractivity contribution in [2.24, 2.45) is 0 Å². The van der Waals surface area contributed by atoms with Crippen LogP contribution in [0, 0.1) is 13.8 Å². The van der Waals surface area contributed by atoms with E-state index >= 15 is 0 Å². The van der Waals surface area contributed by atoms with E-state index in [1.165, 1.54) is 11.8 Å². The maximum absolute atomic E-state index is 12.7. The maximum atomic E-state index is 12.7. The maximum Gasteiger partial charge on any atom is 0.340 e. The molecule has 28 heavy (non-hydrogen) atoms. The number of hydrogen-bond acceptors (Lipinski definition) is 6. The molecule has 0 saturated carbocycles. The number of aromatic nitrogens is 3. The molecule has 0 bridgehead atoms. The second kappa shape index (κ2) is 8.52. The molecule has 3 rings (SSSR count). The Morgan fingerprint density at radius 3 is 2.64 bits per heavy atom. The molecule has 0 spiro atoms. The molecule has 0 amide bonds. The van der Waals surface area contributed by atoms with Gasteiger partial charge in [0.1, 0.15) is 5.75 Å². The van der Waals surface area contributed by atoms with E-state index in [-0.39, 0.29) is 11.5 Å². The highest BCUT2D eigenvalue weighted by Crippen LogP contribution is 2.25. The summed E-state index contributed by atoms with van der Waals surface area (Å²) < 4.78 is 10.6. The fraction of sp³-hybridized carbons (Fsp3) is 0.350. The third-order valence-electron chi connectivity index (χ3n) is 4.28. The van der Waals surface area contributed by atoms with Gasteiger partial charge in [-0.2, -0.15) is 0 Å². The summed E-state index contributed by atoms with van der Waals surface area (Å²) in [6, 6.07) is 5.64. The highest BCUT2D eigenvalue weighted by atomic mass is 32.2. The zero-order valence-electron chi connectivity index (χ0n) is 16.3. The van der Waals surface area contributed by atoms with Gasteiger partial charge in [-0.05, 0) is 45.4 Å². The first kappa shape index (κ1) is 20.0. The molecule has 0 radical (unpaired) electrons. The van der Waals surface area contributed by atoms with Gasteiger partial charge in [0.25, 0.3) is 0 Å². The van der Waals surface area contributed by atoms with Crippen LogP contribution in [0.4, 0.5) is 0 Å². The number of esters is 1. The Bertz CT molecular complexity index is 1020. The molecule has 0 aliphatic heterocycles. The van der Waals surface area contributed by atoms with Gasteiger partial charge in [0, 0.05) is 11.8 Å². The van der Waals surface area contributed by atoms with Gasteiger partial charge in [-0.1, -0.05) is 11.8 Å². The first-order valence-corrected chi connectivity index (χ1v) is 10.1. The molecule has 0 aliphatic carbocycles. The summed E-state index contributed by atoms with van der Waals surface area (Å²) in [5, 5.41) is 0.656. The number of ether oxygens (including phenoxy) is 2. The molecular weight excluding hydrogens is 378 g/mol. The van der Waals surface area contributed by atoms with Gasteiger partial charge in [-0.25, -0.2) is 9.78 Å². The summed E-state index contributed by atoms with van der Waals surface area (Å²) in [7, 11) is 0. The number of fused-ring (bicyclic) bond motifs is 1. The molecule has 0 unspecified atom stereocenters. The van der Waals surface area contributed by atoms with Crippen LogP contribution in [0.25, 0.3) is 11.0 Å². The highest BCUT2D eigenvalue weighted by molar-refractivity contribution is 7.99. The topological polar surface area (TPSA) is 97.1 Å². The van der Waals surface area contributed by atoms with Crippen molar-refractivity contribution in [2.75, 3.05) is 19.0 Å². The van der Waals surface area contributed by atoms with Gasteiger partial charge in [0.2, 0.25) is 0 Å². The summed E-state index contributed by atoms with van der Waals surface area (Å²) in [6.45, 7) is 8.09.